The van der Waals surface area contributed by atoms with Crippen LogP contribution in [-0.4, -0.2) is 75.0 Å². The molecule has 0 aromatic carbocycles. The van der Waals surface area contributed by atoms with Crippen molar-refractivity contribution in [2.45, 2.75) is 46.3 Å². The van der Waals surface area contributed by atoms with Crippen molar-refractivity contribution < 1.29 is 18.7 Å². The lowest BCUT2D eigenvalue weighted by atomic mass is 10.1. The summed E-state index contributed by atoms with van der Waals surface area (Å²) in [7, 11) is 0. The van der Waals surface area contributed by atoms with Crippen molar-refractivity contribution in [2.24, 2.45) is 4.99 Å². The third-order valence-electron chi connectivity index (χ3n) is 4.43. The number of alkyl carbamates (subject to hydrolysis) is 1. The molecule has 1 unspecified atom stereocenters. The Morgan fingerprint density at radius 2 is 1.90 bits per heavy atom. The van der Waals surface area contributed by atoms with E-state index in [0.717, 1.165) is 31.2 Å². The van der Waals surface area contributed by atoms with Crippen LogP contribution in [0.4, 0.5) is 4.79 Å². The fourth-order valence-corrected chi connectivity index (χ4v) is 3.09. The zero-order chi connectivity index (χ0) is 22.0. The normalized spacial score (nSPS) is 16.8. The van der Waals surface area contributed by atoms with Gasteiger partial charge in [0.25, 0.3) is 0 Å². The summed E-state index contributed by atoms with van der Waals surface area (Å²) >= 11 is 0. The quantitative estimate of drug-likeness (QED) is 0.334. The van der Waals surface area contributed by atoms with Crippen molar-refractivity contribution in [3.63, 3.8) is 0 Å². The minimum atomic E-state index is -0.507. The summed E-state index contributed by atoms with van der Waals surface area (Å²) in [6.45, 7) is 14.9. The average molecular weight is 424 g/mol. The number of aliphatic imine (C=N–C) groups is 1. The Balaban J connectivity index is 1.92. The molecule has 3 N–H and O–H groups in total. The number of ether oxygens (including phenoxy) is 2. The minimum Gasteiger partial charge on any atom is -0.465 e. The summed E-state index contributed by atoms with van der Waals surface area (Å²) < 4.78 is 16.6. The maximum Gasteiger partial charge on any atom is 0.407 e. The highest BCUT2D eigenvalue weighted by Gasteiger charge is 2.25. The predicted molar refractivity (Wildman–Crippen MR) is 117 cm³/mol. The van der Waals surface area contributed by atoms with Crippen LogP contribution in [-0.2, 0) is 9.47 Å². The molecule has 0 aliphatic carbocycles. The number of rotatable bonds is 8. The van der Waals surface area contributed by atoms with Crippen LogP contribution in [0.3, 0.4) is 0 Å². The van der Waals surface area contributed by atoms with Gasteiger partial charge in [-0.2, -0.15) is 0 Å². The lowest BCUT2D eigenvalue weighted by Gasteiger charge is -2.32. The van der Waals surface area contributed by atoms with Crippen molar-refractivity contribution in [3.05, 3.63) is 23.7 Å². The minimum absolute atomic E-state index is 0.0537. The highest BCUT2D eigenvalue weighted by Crippen LogP contribution is 2.24. The highest BCUT2D eigenvalue weighted by molar-refractivity contribution is 5.79. The maximum absolute atomic E-state index is 11.7. The van der Waals surface area contributed by atoms with Crippen molar-refractivity contribution in [1.82, 2.24) is 20.9 Å². The summed E-state index contributed by atoms with van der Waals surface area (Å²) in [6.07, 6.45) is -0.424. The molecule has 1 aliphatic rings. The highest BCUT2D eigenvalue weighted by atomic mass is 16.6. The smallest absolute Gasteiger partial charge is 0.407 e. The van der Waals surface area contributed by atoms with Gasteiger partial charge in [-0.25, -0.2) is 4.79 Å². The van der Waals surface area contributed by atoms with E-state index >= 15 is 0 Å². The molecule has 0 bridgehead atoms. The van der Waals surface area contributed by atoms with E-state index in [9.17, 15) is 4.79 Å². The predicted octanol–water partition coefficient (Wildman–Crippen LogP) is 2.04. The molecule has 0 radical (unpaired) electrons. The van der Waals surface area contributed by atoms with E-state index in [4.69, 9.17) is 18.9 Å². The van der Waals surface area contributed by atoms with Gasteiger partial charge >= 0.3 is 6.09 Å². The molecule has 1 aliphatic heterocycles. The molecule has 0 spiro atoms. The molecule has 1 aromatic rings. The lowest BCUT2D eigenvalue weighted by Crippen LogP contribution is -2.43. The van der Waals surface area contributed by atoms with Gasteiger partial charge in [-0.3, -0.25) is 9.89 Å². The van der Waals surface area contributed by atoms with Gasteiger partial charge in [0.05, 0.1) is 25.8 Å². The molecule has 9 heteroatoms. The van der Waals surface area contributed by atoms with Crippen LogP contribution in [0, 0.1) is 6.92 Å². The fraction of sp³-hybridized carbons (Fsp3) is 0.714. The summed E-state index contributed by atoms with van der Waals surface area (Å²) in [6, 6.07) is 4.06. The van der Waals surface area contributed by atoms with E-state index in [0.29, 0.717) is 38.8 Å². The van der Waals surface area contributed by atoms with E-state index in [1.165, 1.54) is 0 Å². The average Bonchev–Trinajstić information content (AvgIpc) is 3.10. The molecule has 2 heterocycles. The van der Waals surface area contributed by atoms with E-state index < -0.39 is 11.7 Å². The third-order valence-corrected chi connectivity index (χ3v) is 4.43. The summed E-state index contributed by atoms with van der Waals surface area (Å²) in [5, 5.41) is 9.23. The Labute approximate surface area is 179 Å². The number of hydrogen-bond acceptors (Lipinski definition) is 6. The molecule has 1 atom stereocenters. The molecule has 1 saturated heterocycles. The van der Waals surface area contributed by atoms with Crippen molar-refractivity contribution in [1.29, 1.82) is 0 Å². The molecule has 1 amide bonds. The summed E-state index contributed by atoms with van der Waals surface area (Å²) in [5.41, 5.74) is -0.507. The molecule has 1 fully saturated rings. The van der Waals surface area contributed by atoms with Gasteiger partial charge in [-0.1, -0.05) is 0 Å². The Morgan fingerprint density at radius 1 is 1.20 bits per heavy atom. The fourth-order valence-electron chi connectivity index (χ4n) is 3.09. The first-order valence-electron chi connectivity index (χ1n) is 10.7. The molecular formula is C21H37N5O4. The van der Waals surface area contributed by atoms with Gasteiger partial charge in [0.1, 0.15) is 17.1 Å². The van der Waals surface area contributed by atoms with Crippen molar-refractivity contribution in [3.8, 4) is 0 Å². The van der Waals surface area contributed by atoms with Crippen LogP contribution >= 0.6 is 0 Å². The Hall–Kier alpha value is -2.26. The number of guanidine groups is 1. The Bertz CT molecular complexity index is 677. The van der Waals surface area contributed by atoms with Gasteiger partial charge in [0.15, 0.2) is 5.96 Å². The first-order chi connectivity index (χ1) is 14.3. The second-order valence-corrected chi connectivity index (χ2v) is 8.19. The van der Waals surface area contributed by atoms with E-state index in [-0.39, 0.29) is 6.04 Å². The number of aryl methyl sites for hydroxylation is 1. The van der Waals surface area contributed by atoms with Crippen LogP contribution in [0.2, 0.25) is 0 Å². The van der Waals surface area contributed by atoms with Gasteiger partial charge in [-0.15, -0.1) is 0 Å². The number of nitrogens with zero attached hydrogens (tertiary/aromatic N) is 2. The zero-order valence-corrected chi connectivity index (χ0v) is 18.9. The van der Waals surface area contributed by atoms with Crippen molar-refractivity contribution in [2.75, 3.05) is 52.5 Å². The standard InChI is InChI=1S/C21H37N5O4/c1-6-22-19(23-9-10-24-20(27)30-21(3,4)5)25-15-17(18-8-7-16(2)29-18)26-11-13-28-14-12-26/h7-8,17H,6,9-15H2,1-5H3,(H,24,27)(H2,22,23,25). The van der Waals surface area contributed by atoms with Gasteiger partial charge in [0, 0.05) is 32.7 Å². The number of furan rings is 1. The molecule has 170 valence electrons. The summed E-state index contributed by atoms with van der Waals surface area (Å²) in [4.78, 5) is 18.8. The van der Waals surface area contributed by atoms with Crippen LogP contribution in [0.25, 0.3) is 0 Å². The zero-order valence-electron chi connectivity index (χ0n) is 18.9. The molecular weight excluding hydrogens is 386 g/mol. The molecule has 9 nitrogen and oxygen atoms in total. The Morgan fingerprint density at radius 3 is 2.50 bits per heavy atom. The third kappa shape index (κ3) is 8.62. The number of carbonyl (C=O) groups excluding carboxylic acids is 1. The Kier molecular flexibility index (Phi) is 9.45. The van der Waals surface area contributed by atoms with E-state index in [1.807, 2.05) is 46.8 Å². The van der Waals surface area contributed by atoms with E-state index in [1.54, 1.807) is 0 Å². The van der Waals surface area contributed by atoms with Gasteiger partial charge in [-0.05, 0) is 46.8 Å². The lowest BCUT2D eigenvalue weighted by molar-refractivity contribution is 0.0135. The topological polar surface area (TPSA) is 100 Å². The van der Waals surface area contributed by atoms with Crippen LogP contribution in [0.1, 0.15) is 45.3 Å². The number of nitrogens with one attached hydrogen (secondary N) is 3. The number of carbonyl (C=O) groups is 1. The molecule has 30 heavy (non-hydrogen) atoms. The van der Waals surface area contributed by atoms with Crippen molar-refractivity contribution >= 4 is 12.1 Å². The van der Waals surface area contributed by atoms with E-state index in [2.05, 4.69) is 20.9 Å². The SMILES string of the molecule is CCNC(=NCC(c1ccc(C)o1)N1CCOCC1)NCCNC(=O)OC(C)(C)C. The van der Waals surface area contributed by atoms with Crippen LogP contribution in [0.5, 0.6) is 0 Å². The number of morpholine rings is 1. The summed E-state index contributed by atoms with van der Waals surface area (Å²) in [5.74, 6) is 2.51. The largest absolute Gasteiger partial charge is 0.465 e. The molecule has 1 aromatic heterocycles. The van der Waals surface area contributed by atoms with Gasteiger partial charge in [0.2, 0.25) is 0 Å². The monoisotopic (exact) mass is 423 g/mol. The molecule has 0 saturated carbocycles. The first kappa shape index (κ1) is 24.0. The maximum atomic E-state index is 11.7. The van der Waals surface area contributed by atoms with Crippen LogP contribution in [0.15, 0.2) is 21.5 Å². The van der Waals surface area contributed by atoms with Crippen LogP contribution < -0.4 is 16.0 Å². The number of hydrogen-bond donors (Lipinski definition) is 3. The molecule has 2 rings (SSSR count). The first-order valence-corrected chi connectivity index (χ1v) is 10.7. The van der Waals surface area contributed by atoms with Gasteiger partial charge < -0.3 is 29.8 Å². The second kappa shape index (κ2) is 11.8. The number of amides is 1. The second-order valence-electron chi connectivity index (χ2n) is 8.19.